The first kappa shape index (κ1) is 7.98. The van der Waals surface area contributed by atoms with Crippen LogP contribution in [0.2, 0.25) is 0 Å². The maximum absolute atomic E-state index is 5.70. The molecule has 0 radical (unpaired) electrons. The van der Waals surface area contributed by atoms with Crippen LogP contribution in [0.5, 0.6) is 0 Å². The van der Waals surface area contributed by atoms with Crippen LogP contribution in [0.1, 0.15) is 26.2 Å². The third kappa shape index (κ3) is 2.25. The smallest absolute Gasteiger partial charge is 0.0654 e. The molecule has 3 nitrogen and oxygen atoms in total. The molecule has 0 spiro atoms. The molecule has 60 valence electrons. The normalized spacial score (nSPS) is 33.0. The summed E-state index contributed by atoms with van der Waals surface area (Å²) in [7, 11) is 0. The van der Waals surface area contributed by atoms with E-state index in [4.69, 9.17) is 10.6 Å². The van der Waals surface area contributed by atoms with Crippen LogP contribution in [0, 0.1) is 0 Å². The summed E-state index contributed by atoms with van der Waals surface area (Å²) in [5.74, 6) is 0. The summed E-state index contributed by atoms with van der Waals surface area (Å²) >= 11 is 0. The van der Waals surface area contributed by atoms with Gasteiger partial charge in [-0.3, -0.25) is 0 Å². The van der Waals surface area contributed by atoms with Gasteiger partial charge in [-0.15, -0.1) is 0 Å². The van der Waals surface area contributed by atoms with E-state index in [9.17, 15) is 0 Å². The Morgan fingerprint density at radius 1 is 1.60 bits per heavy atom. The second-order valence-corrected chi connectivity index (χ2v) is 2.82. The van der Waals surface area contributed by atoms with E-state index in [1.807, 2.05) is 6.92 Å². The number of hydroxylamine groups is 1. The maximum atomic E-state index is 5.70. The van der Waals surface area contributed by atoms with Gasteiger partial charge in [-0.05, 0) is 26.2 Å². The molecule has 1 rings (SSSR count). The van der Waals surface area contributed by atoms with E-state index in [2.05, 4.69) is 5.48 Å². The van der Waals surface area contributed by atoms with E-state index in [0.717, 1.165) is 25.9 Å². The molecule has 0 aromatic carbocycles. The van der Waals surface area contributed by atoms with E-state index in [1.165, 1.54) is 0 Å². The topological polar surface area (TPSA) is 47.3 Å². The van der Waals surface area contributed by atoms with Crippen LogP contribution in [-0.4, -0.2) is 18.7 Å². The van der Waals surface area contributed by atoms with Gasteiger partial charge in [-0.1, -0.05) is 0 Å². The Hall–Kier alpha value is -0.120. The van der Waals surface area contributed by atoms with E-state index in [0.29, 0.717) is 12.1 Å². The summed E-state index contributed by atoms with van der Waals surface area (Å²) in [6.07, 6.45) is 3.34. The minimum Gasteiger partial charge on any atom is -0.328 e. The molecular weight excluding hydrogens is 128 g/mol. The lowest BCUT2D eigenvalue weighted by molar-refractivity contribution is 0.0259. The molecule has 2 atom stereocenters. The number of rotatable bonds is 3. The zero-order valence-electron chi connectivity index (χ0n) is 6.47. The van der Waals surface area contributed by atoms with Gasteiger partial charge in [0, 0.05) is 12.1 Å². The Labute approximate surface area is 61.9 Å². The predicted octanol–water partition coefficient (Wildman–Crippen LogP) is 0.407. The summed E-state index contributed by atoms with van der Waals surface area (Å²) in [4.78, 5) is 5.06. The van der Waals surface area contributed by atoms with E-state index < -0.39 is 0 Å². The van der Waals surface area contributed by atoms with Crippen molar-refractivity contribution in [3.63, 3.8) is 0 Å². The minimum atomic E-state index is 0.387. The van der Waals surface area contributed by atoms with Gasteiger partial charge in [-0.25, -0.2) is 0 Å². The molecule has 0 saturated heterocycles. The second kappa shape index (κ2) is 3.91. The SMILES string of the molecule is CCONC1CCC(N)C1. The van der Waals surface area contributed by atoms with Crippen molar-refractivity contribution < 1.29 is 4.84 Å². The second-order valence-electron chi connectivity index (χ2n) is 2.82. The highest BCUT2D eigenvalue weighted by atomic mass is 16.6. The van der Waals surface area contributed by atoms with E-state index in [-0.39, 0.29) is 0 Å². The van der Waals surface area contributed by atoms with Crippen molar-refractivity contribution in [1.82, 2.24) is 5.48 Å². The highest BCUT2D eigenvalue weighted by Gasteiger charge is 2.20. The van der Waals surface area contributed by atoms with E-state index >= 15 is 0 Å². The molecule has 1 aliphatic carbocycles. The largest absolute Gasteiger partial charge is 0.328 e. The van der Waals surface area contributed by atoms with Gasteiger partial charge >= 0.3 is 0 Å². The van der Waals surface area contributed by atoms with Gasteiger partial charge in [-0.2, -0.15) is 5.48 Å². The summed E-state index contributed by atoms with van der Waals surface area (Å²) in [6, 6.07) is 0.882. The lowest BCUT2D eigenvalue weighted by Gasteiger charge is -2.10. The lowest BCUT2D eigenvalue weighted by Crippen LogP contribution is -2.28. The zero-order valence-corrected chi connectivity index (χ0v) is 6.47. The summed E-state index contributed by atoms with van der Waals surface area (Å²) < 4.78 is 0. The minimum absolute atomic E-state index is 0.387. The van der Waals surface area contributed by atoms with Crippen LogP contribution in [0.3, 0.4) is 0 Å². The number of hydrogen-bond donors (Lipinski definition) is 2. The average Bonchev–Trinajstić information content (AvgIpc) is 2.31. The number of nitrogens with two attached hydrogens (primary N) is 1. The first-order chi connectivity index (χ1) is 4.83. The van der Waals surface area contributed by atoms with Crippen molar-refractivity contribution in [3.8, 4) is 0 Å². The predicted molar refractivity (Wildman–Crippen MR) is 40.4 cm³/mol. The molecule has 0 aromatic heterocycles. The molecule has 0 bridgehead atoms. The summed E-state index contributed by atoms with van der Waals surface area (Å²) in [5, 5.41) is 0. The summed E-state index contributed by atoms with van der Waals surface area (Å²) in [5.41, 5.74) is 8.68. The van der Waals surface area contributed by atoms with Gasteiger partial charge in [0.15, 0.2) is 0 Å². The van der Waals surface area contributed by atoms with Crippen molar-refractivity contribution in [2.24, 2.45) is 5.73 Å². The van der Waals surface area contributed by atoms with Gasteiger partial charge in [0.2, 0.25) is 0 Å². The highest BCUT2D eigenvalue weighted by Crippen LogP contribution is 2.16. The Bertz CT molecular complexity index is 97.6. The molecule has 1 aliphatic rings. The Kier molecular flexibility index (Phi) is 3.12. The molecule has 0 aliphatic heterocycles. The Balaban J connectivity index is 2.06. The van der Waals surface area contributed by atoms with Gasteiger partial charge in [0.25, 0.3) is 0 Å². The lowest BCUT2D eigenvalue weighted by atomic mass is 10.2. The van der Waals surface area contributed by atoms with E-state index in [1.54, 1.807) is 0 Å². The molecular formula is C7H16N2O. The molecule has 0 heterocycles. The first-order valence-electron chi connectivity index (χ1n) is 3.95. The fourth-order valence-corrected chi connectivity index (χ4v) is 1.32. The van der Waals surface area contributed by atoms with Crippen molar-refractivity contribution in [1.29, 1.82) is 0 Å². The molecule has 2 unspecified atom stereocenters. The quantitative estimate of drug-likeness (QED) is 0.564. The monoisotopic (exact) mass is 144 g/mol. The third-order valence-electron chi connectivity index (χ3n) is 1.87. The molecule has 3 N–H and O–H groups in total. The highest BCUT2D eigenvalue weighted by molar-refractivity contribution is 4.80. The van der Waals surface area contributed by atoms with Crippen LogP contribution < -0.4 is 11.2 Å². The van der Waals surface area contributed by atoms with Crippen LogP contribution in [0.4, 0.5) is 0 Å². The third-order valence-corrected chi connectivity index (χ3v) is 1.87. The molecule has 10 heavy (non-hydrogen) atoms. The summed E-state index contributed by atoms with van der Waals surface area (Å²) in [6.45, 7) is 2.70. The van der Waals surface area contributed by atoms with Crippen molar-refractivity contribution in [2.75, 3.05) is 6.61 Å². The number of nitrogens with one attached hydrogen (secondary N) is 1. The first-order valence-corrected chi connectivity index (χ1v) is 3.95. The molecule has 0 amide bonds. The fraction of sp³-hybridized carbons (Fsp3) is 1.00. The number of hydrogen-bond acceptors (Lipinski definition) is 3. The Morgan fingerprint density at radius 3 is 2.90 bits per heavy atom. The van der Waals surface area contributed by atoms with Crippen LogP contribution in [0.15, 0.2) is 0 Å². The van der Waals surface area contributed by atoms with Crippen LogP contribution in [0.25, 0.3) is 0 Å². The van der Waals surface area contributed by atoms with Gasteiger partial charge in [0.1, 0.15) is 0 Å². The van der Waals surface area contributed by atoms with Crippen molar-refractivity contribution in [3.05, 3.63) is 0 Å². The standard InChI is InChI=1S/C7H16N2O/c1-2-10-9-7-4-3-6(8)5-7/h6-7,9H,2-5,8H2,1H3. The molecule has 1 saturated carbocycles. The molecule has 1 fully saturated rings. The molecule has 0 aromatic rings. The average molecular weight is 144 g/mol. The van der Waals surface area contributed by atoms with Gasteiger partial charge in [0.05, 0.1) is 6.61 Å². The Morgan fingerprint density at radius 2 is 2.40 bits per heavy atom. The van der Waals surface area contributed by atoms with Crippen molar-refractivity contribution >= 4 is 0 Å². The van der Waals surface area contributed by atoms with Crippen LogP contribution in [-0.2, 0) is 4.84 Å². The van der Waals surface area contributed by atoms with Gasteiger partial charge < -0.3 is 10.6 Å². The molecule has 3 heteroatoms. The van der Waals surface area contributed by atoms with Crippen LogP contribution >= 0.6 is 0 Å². The maximum Gasteiger partial charge on any atom is 0.0654 e. The zero-order chi connectivity index (χ0) is 7.40. The van der Waals surface area contributed by atoms with Crippen molar-refractivity contribution in [2.45, 2.75) is 38.3 Å². The fourth-order valence-electron chi connectivity index (χ4n) is 1.32.